The van der Waals surface area contributed by atoms with Gasteiger partial charge in [0.1, 0.15) is 13.2 Å². The number of benzene rings is 2. The second-order valence-corrected chi connectivity index (χ2v) is 6.92. The van der Waals surface area contributed by atoms with Crippen molar-refractivity contribution in [1.29, 1.82) is 0 Å². The van der Waals surface area contributed by atoms with Crippen molar-refractivity contribution >= 4 is 11.8 Å². The number of ether oxygens (including phenoxy) is 2. The lowest BCUT2D eigenvalue weighted by atomic mass is 10.1. The molecule has 146 valence electrons. The Hall–Kier alpha value is -3.06. The lowest BCUT2D eigenvalue weighted by molar-refractivity contribution is -0.126. The highest BCUT2D eigenvalue weighted by atomic mass is 16.6. The Labute approximate surface area is 163 Å². The quantitative estimate of drug-likeness (QED) is 0.791. The molecular weight excluding hydrogens is 358 g/mol. The number of rotatable bonds is 4. The fraction of sp³-hybridized carbons (Fsp3) is 0.333. The maximum Gasteiger partial charge on any atom is 0.269 e. The molecule has 1 unspecified atom stereocenters. The molecule has 28 heavy (non-hydrogen) atoms. The zero-order chi connectivity index (χ0) is 19.3. The Kier molecular flexibility index (Phi) is 5.43. The summed E-state index contributed by atoms with van der Waals surface area (Å²) in [5, 5.41) is 0. The summed E-state index contributed by atoms with van der Waals surface area (Å²) in [7, 11) is 0. The van der Waals surface area contributed by atoms with E-state index in [1.54, 1.807) is 18.2 Å². The van der Waals surface area contributed by atoms with Crippen molar-refractivity contribution in [3.05, 3.63) is 59.7 Å². The minimum Gasteiger partial charge on any atom is -0.486 e. The highest BCUT2D eigenvalue weighted by molar-refractivity contribution is 5.96. The molecule has 2 N–H and O–H groups in total. The van der Waals surface area contributed by atoms with Gasteiger partial charge in [0.15, 0.2) is 11.5 Å². The second-order valence-electron chi connectivity index (χ2n) is 6.92. The number of carbonyl (C=O) groups is 2. The zero-order valence-corrected chi connectivity index (χ0v) is 15.5. The monoisotopic (exact) mass is 381 g/mol. The van der Waals surface area contributed by atoms with Gasteiger partial charge in [-0.05, 0) is 43.1 Å². The zero-order valence-electron chi connectivity index (χ0n) is 15.5. The third-order valence-electron chi connectivity index (χ3n) is 5.00. The van der Waals surface area contributed by atoms with Crippen LogP contribution in [0.3, 0.4) is 0 Å². The molecular formula is C21H23N3O4. The molecule has 0 radical (unpaired) electrons. The maximum atomic E-state index is 12.6. The van der Waals surface area contributed by atoms with Crippen molar-refractivity contribution in [2.45, 2.75) is 25.4 Å². The summed E-state index contributed by atoms with van der Waals surface area (Å²) in [6.45, 7) is 2.53. The number of likely N-dealkylation sites (tertiary alicyclic amines) is 1. The van der Waals surface area contributed by atoms with Crippen molar-refractivity contribution in [2.75, 3.05) is 19.8 Å². The molecule has 2 aliphatic rings. The van der Waals surface area contributed by atoms with E-state index in [1.807, 2.05) is 18.2 Å². The summed E-state index contributed by atoms with van der Waals surface area (Å²) in [5.41, 5.74) is 6.64. The molecule has 2 aromatic rings. The molecule has 1 atom stereocenters. The summed E-state index contributed by atoms with van der Waals surface area (Å²) < 4.78 is 10.9. The fourth-order valence-electron chi connectivity index (χ4n) is 3.59. The van der Waals surface area contributed by atoms with Gasteiger partial charge < -0.3 is 9.47 Å². The Balaban J connectivity index is 1.33. The standard InChI is InChI=1S/C21H23N3O4/c25-20(16-8-9-18-19(13-16)28-12-11-27-18)22-23-21(26)17-7-4-10-24(17)14-15-5-2-1-3-6-15/h1-3,5-6,8-9,13,17H,4,7,10-12,14H2,(H,22,25)(H,23,26). The summed E-state index contributed by atoms with van der Waals surface area (Å²) in [5.74, 6) is 0.571. The number of fused-ring (bicyclic) bond motifs is 1. The van der Waals surface area contributed by atoms with Crippen LogP contribution in [0.4, 0.5) is 0 Å². The Morgan fingerprint density at radius 1 is 1.00 bits per heavy atom. The molecule has 0 aromatic heterocycles. The Bertz CT molecular complexity index is 856. The first-order valence-electron chi connectivity index (χ1n) is 9.48. The average molecular weight is 381 g/mol. The molecule has 2 aliphatic heterocycles. The molecule has 2 heterocycles. The number of amides is 2. The molecule has 7 heteroatoms. The molecule has 1 saturated heterocycles. The van der Waals surface area contributed by atoms with Gasteiger partial charge in [-0.25, -0.2) is 0 Å². The average Bonchev–Trinajstić information content (AvgIpc) is 3.20. The molecule has 0 aliphatic carbocycles. The van der Waals surface area contributed by atoms with Crippen LogP contribution in [0.5, 0.6) is 11.5 Å². The van der Waals surface area contributed by atoms with Crippen molar-refractivity contribution in [1.82, 2.24) is 15.8 Å². The van der Waals surface area contributed by atoms with Gasteiger partial charge in [-0.1, -0.05) is 30.3 Å². The predicted octanol–water partition coefficient (Wildman–Crippen LogP) is 1.88. The molecule has 0 bridgehead atoms. The van der Waals surface area contributed by atoms with E-state index < -0.39 is 5.91 Å². The molecule has 2 aromatic carbocycles. The van der Waals surface area contributed by atoms with Crippen LogP contribution in [0.25, 0.3) is 0 Å². The molecule has 0 spiro atoms. The number of carbonyl (C=O) groups excluding carboxylic acids is 2. The molecule has 1 fully saturated rings. The normalized spacial score (nSPS) is 18.5. The molecule has 0 saturated carbocycles. The van der Waals surface area contributed by atoms with Gasteiger partial charge in [0.05, 0.1) is 6.04 Å². The highest BCUT2D eigenvalue weighted by Crippen LogP contribution is 2.30. The van der Waals surface area contributed by atoms with Crippen LogP contribution in [-0.4, -0.2) is 42.5 Å². The lowest BCUT2D eigenvalue weighted by Crippen LogP contribution is -2.50. The van der Waals surface area contributed by atoms with Crippen molar-refractivity contribution < 1.29 is 19.1 Å². The van der Waals surface area contributed by atoms with Gasteiger partial charge in [0.2, 0.25) is 0 Å². The van der Waals surface area contributed by atoms with Crippen LogP contribution in [0.15, 0.2) is 48.5 Å². The van der Waals surface area contributed by atoms with E-state index in [9.17, 15) is 9.59 Å². The van der Waals surface area contributed by atoms with E-state index in [4.69, 9.17) is 9.47 Å². The first kappa shape index (κ1) is 18.3. The third kappa shape index (κ3) is 4.09. The minimum atomic E-state index is -0.391. The van der Waals surface area contributed by atoms with Crippen LogP contribution < -0.4 is 20.3 Å². The van der Waals surface area contributed by atoms with E-state index in [2.05, 4.69) is 27.9 Å². The number of hydrogen-bond donors (Lipinski definition) is 2. The van der Waals surface area contributed by atoms with E-state index in [0.29, 0.717) is 30.3 Å². The summed E-state index contributed by atoms with van der Waals surface area (Å²) in [6, 6.07) is 14.8. The Morgan fingerprint density at radius 2 is 1.79 bits per heavy atom. The number of nitrogens with one attached hydrogen (secondary N) is 2. The van der Waals surface area contributed by atoms with E-state index >= 15 is 0 Å². The van der Waals surface area contributed by atoms with E-state index in [0.717, 1.165) is 25.9 Å². The van der Waals surface area contributed by atoms with Gasteiger partial charge in [-0.2, -0.15) is 0 Å². The van der Waals surface area contributed by atoms with Crippen LogP contribution >= 0.6 is 0 Å². The summed E-state index contributed by atoms with van der Waals surface area (Å²) >= 11 is 0. The highest BCUT2D eigenvalue weighted by Gasteiger charge is 2.30. The summed E-state index contributed by atoms with van der Waals surface area (Å²) in [4.78, 5) is 27.1. The SMILES string of the molecule is O=C(NNC(=O)C1CCCN1Cc1ccccc1)c1ccc2c(c1)OCCO2. The van der Waals surface area contributed by atoms with Gasteiger partial charge in [0, 0.05) is 12.1 Å². The maximum absolute atomic E-state index is 12.6. The number of nitrogens with zero attached hydrogens (tertiary/aromatic N) is 1. The van der Waals surface area contributed by atoms with Crippen LogP contribution in [0.1, 0.15) is 28.8 Å². The summed E-state index contributed by atoms with van der Waals surface area (Å²) in [6.07, 6.45) is 1.74. The Morgan fingerprint density at radius 3 is 2.61 bits per heavy atom. The molecule has 7 nitrogen and oxygen atoms in total. The minimum absolute atomic E-state index is 0.195. The van der Waals surface area contributed by atoms with Crippen LogP contribution in [-0.2, 0) is 11.3 Å². The molecule has 4 rings (SSSR count). The molecule has 2 amide bonds. The second kappa shape index (κ2) is 8.31. The largest absolute Gasteiger partial charge is 0.486 e. The third-order valence-corrected chi connectivity index (χ3v) is 5.00. The van der Waals surface area contributed by atoms with Crippen LogP contribution in [0.2, 0.25) is 0 Å². The smallest absolute Gasteiger partial charge is 0.269 e. The lowest BCUT2D eigenvalue weighted by Gasteiger charge is -2.24. The van der Waals surface area contributed by atoms with Crippen molar-refractivity contribution in [3.63, 3.8) is 0 Å². The first-order valence-corrected chi connectivity index (χ1v) is 9.48. The van der Waals surface area contributed by atoms with Gasteiger partial charge in [-0.3, -0.25) is 25.3 Å². The first-order chi connectivity index (χ1) is 13.7. The van der Waals surface area contributed by atoms with Crippen LogP contribution in [0, 0.1) is 0 Å². The van der Waals surface area contributed by atoms with Gasteiger partial charge >= 0.3 is 0 Å². The predicted molar refractivity (Wildman–Crippen MR) is 103 cm³/mol. The van der Waals surface area contributed by atoms with Gasteiger partial charge in [0.25, 0.3) is 11.8 Å². The topological polar surface area (TPSA) is 79.9 Å². The number of hydrogen-bond acceptors (Lipinski definition) is 5. The number of hydrazine groups is 1. The van der Waals surface area contributed by atoms with Crippen molar-refractivity contribution in [3.8, 4) is 11.5 Å². The van der Waals surface area contributed by atoms with E-state index in [1.165, 1.54) is 5.56 Å². The van der Waals surface area contributed by atoms with Gasteiger partial charge in [-0.15, -0.1) is 0 Å². The van der Waals surface area contributed by atoms with E-state index in [-0.39, 0.29) is 11.9 Å². The van der Waals surface area contributed by atoms with Crippen molar-refractivity contribution in [2.24, 2.45) is 0 Å². The fourth-order valence-corrected chi connectivity index (χ4v) is 3.59.